The summed E-state index contributed by atoms with van der Waals surface area (Å²) in [6, 6.07) is 15.8. The van der Waals surface area contributed by atoms with Crippen molar-refractivity contribution in [3.05, 3.63) is 83.8 Å². The van der Waals surface area contributed by atoms with Crippen LogP contribution in [0.5, 0.6) is 5.75 Å². The Morgan fingerprint density at radius 2 is 1.71 bits per heavy atom. The molecule has 0 fully saturated rings. The van der Waals surface area contributed by atoms with Crippen LogP contribution in [0.15, 0.2) is 66.9 Å². The first-order valence-electron chi connectivity index (χ1n) is 9.46. The second kappa shape index (κ2) is 8.27. The highest BCUT2D eigenvalue weighted by Crippen LogP contribution is 2.28. The number of ether oxygens (including phenoxy) is 1. The van der Waals surface area contributed by atoms with Crippen molar-refractivity contribution in [2.24, 2.45) is 0 Å². The Morgan fingerprint density at radius 3 is 2.35 bits per heavy atom. The maximum absolute atomic E-state index is 13.3. The highest BCUT2D eigenvalue weighted by atomic mass is 19.1. The van der Waals surface area contributed by atoms with Crippen LogP contribution in [0, 0.1) is 5.82 Å². The average Bonchev–Trinajstić information content (AvgIpc) is 3.17. The number of fused-ring (bicyclic) bond motifs is 1. The molecule has 0 spiro atoms. The quantitative estimate of drug-likeness (QED) is 0.517. The molecule has 4 aromatic rings. The number of nitrogens with one attached hydrogen (secondary N) is 2. The second-order valence-corrected chi connectivity index (χ2v) is 6.74. The molecule has 0 saturated heterocycles. The van der Waals surface area contributed by atoms with Crippen LogP contribution in [0.1, 0.15) is 20.7 Å². The normalized spacial score (nSPS) is 10.7. The summed E-state index contributed by atoms with van der Waals surface area (Å²) in [7, 11) is 3.08. The Balaban J connectivity index is 1.72. The van der Waals surface area contributed by atoms with Gasteiger partial charge in [-0.1, -0.05) is 0 Å². The third-order valence-corrected chi connectivity index (χ3v) is 4.82. The minimum atomic E-state index is -0.377. The van der Waals surface area contributed by atoms with Gasteiger partial charge in [-0.3, -0.25) is 9.59 Å². The summed E-state index contributed by atoms with van der Waals surface area (Å²) in [5.41, 5.74) is 2.82. The summed E-state index contributed by atoms with van der Waals surface area (Å²) in [6.07, 6.45) is 1.65. The summed E-state index contributed by atoms with van der Waals surface area (Å²) in [5.74, 6) is -0.363. The summed E-state index contributed by atoms with van der Waals surface area (Å²) in [6.45, 7) is 0. The monoisotopic (exact) mass is 418 g/mol. The Kier molecular flexibility index (Phi) is 5.36. The number of carbonyl (C=O) groups is 2. The third-order valence-electron chi connectivity index (χ3n) is 4.82. The van der Waals surface area contributed by atoms with E-state index in [1.165, 1.54) is 19.2 Å². The number of benzene rings is 2. The zero-order valence-electron chi connectivity index (χ0n) is 16.8. The van der Waals surface area contributed by atoms with Crippen molar-refractivity contribution in [1.29, 1.82) is 0 Å². The highest BCUT2D eigenvalue weighted by molar-refractivity contribution is 6.08. The van der Waals surface area contributed by atoms with E-state index in [1.54, 1.807) is 66.4 Å². The maximum atomic E-state index is 13.3. The average molecular weight is 418 g/mol. The molecule has 2 N–H and O–H groups in total. The van der Waals surface area contributed by atoms with Crippen molar-refractivity contribution < 1.29 is 18.7 Å². The van der Waals surface area contributed by atoms with Crippen molar-refractivity contribution in [1.82, 2.24) is 14.9 Å². The number of amides is 2. The number of halogens is 1. The van der Waals surface area contributed by atoms with Crippen molar-refractivity contribution in [3.63, 3.8) is 0 Å². The number of carbonyl (C=O) groups excluding carboxylic acids is 2. The maximum Gasteiger partial charge on any atom is 0.255 e. The van der Waals surface area contributed by atoms with Crippen molar-refractivity contribution in [2.45, 2.75) is 0 Å². The molecule has 0 atom stereocenters. The van der Waals surface area contributed by atoms with Gasteiger partial charge in [-0.25, -0.2) is 8.91 Å². The molecule has 0 aliphatic carbocycles. The first-order valence-corrected chi connectivity index (χ1v) is 9.46. The first kappa shape index (κ1) is 20.1. The Morgan fingerprint density at radius 1 is 1.00 bits per heavy atom. The second-order valence-electron chi connectivity index (χ2n) is 6.74. The van der Waals surface area contributed by atoms with Gasteiger partial charge in [0.15, 0.2) is 0 Å². The summed E-state index contributed by atoms with van der Waals surface area (Å²) in [5, 5.41) is 9.92. The topological polar surface area (TPSA) is 84.7 Å². The molecule has 2 aromatic heterocycles. The number of aromatic nitrogens is 2. The van der Waals surface area contributed by atoms with Crippen LogP contribution in [0.2, 0.25) is 0 Å². The highest BCUT2D eigenvalue weighted by Gasteiger charge is 2.21. The Labute approximate surface area is 177 Å². The fourth-order valence-corrected chi connectivity index (χ4v) is 3.23. The smallest absolute Gasteiger partial charge is 0.255 e. The van der Waals surface area contributed by atoms with E-state index in [0.717, 1.165) is 0 Å². The SMILES string of the molecule is CNC(=O)c1c(-c2ccc(F)cc2)nn2ccc(NC(=O)c3ccc(OC)cc3)cc12. The number of rotatable bonds is 5. The van der Waals surface area contributed by atoms with Gasteiger partial charge in [-0.2, -0.15) is 5.10 Å². The molecule has 2 amide bonds. The van der Waals surface area contributed by atoms with Crippen molar-refractivity contribution in [3.8, 4) is 17.0 Å². The number of hydrogen-bond donors (Lipinski definition) is 2. The number of methoxy groups -OCH3 is 1. The van der Waals surface area contributed by atoms with E-state index in [2.05, 4.69) is 15.7 Å². The molecule has 2 aromatic carbocycles. The number of pyridine rings is 1. The molecule has 0 aliphatic heterocycles. The Bertz CT molecular complexity index is 1260. The van der Waals surface area contributed by atoms with Crippen LogP contribution >= 0.6 is 0 Å². The standard InChI is InChI=1S/C23H19FN4O3/c1-25-23(30)20-19-13-17(26-22(29)15-5-9-18(31-2)10-6-15)11-12-28(19)27-21(20)14-3-7-16(24)8-4-14/h3-13H,1-2H3,(H,25,30)(H,26,29). The minimum absolute atomic E-state index is 0.299. The van der Waals surface area contributed by atoms with Gasteiger partial charge in [-0.15, -0.1) is 0 Å². The minimum Gasteiger partial charge on any atom is -0.497 e. The van der Waals surface area contributed by atoms with Gasteiger partial charge in [0.05, 0.1) is 18.2 Å². The van der Waals surface area contributed by atoms with Crippen molar-refractivity contribution >= 4 is 23.0 Å². The predicted octanol–water partition coefficient (Wildman–Crippen LogP) is 3.76. The van der Waals surface area contributed by atoms with Gasteiger partial charge in [0.2, 0.25) is 0 Å². The lowest BCUT2D eigenvalue weighted by atomic mass is 10.1. The van der Waals surface area contributed by atoms with Crippen LogP contribution < -0.4 is 15.4 Å². The van der Waals surface area contributed by atoms with Gasteiger partial charge in [0, 0.05) is 30.1 Å². The molecule has 0 saturated carbocycles. The molecule has 156 valence electrons. The summed E-state index contributed by atoms with van der Waals surface area (Å²) < 4.78 is 20.0. The molecular weight excluding hydrogens is 399 g/mol. The van der Waals surface area contributed by atoms with Crippen LogP contribution in [0.4, 0.5) is 10.1 Å². The van der Waals surface area contributed by atoms with Crippen LogP contribution in [0.3, 0.4) is 0 Å². The van der Waals surface area contributed by atoms with Gasteiger partial charge >= 0.3 is 0 Å². The first-order chi connectivity index (χ1) is 15.0. The van der Waals surface area contributed by atoms with Gasteiger partial charge in [-0.05, 0) is 60.7 Å². The van der Waals surface area contributed by atoms with Gasteiger partial charge in [0.25, 0.3) is 11.8 Å². The lowest BCUT2D eigenvalue weighted by Crippen LogP contribution is -2.18. The van der Waals surface area contributed by atoms with E-state index in [1.807, 2.05) is 0 Å². The predicted molar refractivity (Wildman–Crippen MR) is 115 cm³/mol. The fraction of sp³-hybridized carbons (Fsp3) is 0.0870. The van der Waals surface area contributed by atoms with E-state index >= 15 is 0 Å². The van der Waals surface area contributed by atoms with Crippen LogP contribution in [-0.4, -0.2) is 35.6 Å². The summed E-state index contributed by atoms with van der Waals surface area (Å²) in [4.78, 5) is 25.2. The molecule has 0 aliphatic rings. The molecule has 7 nitrogen and oxygen atoms in total. The fourth-order valence-electron chi connectivity index (χ4n) is 3.23. The van der Waals surface area contributed by atoms with E-state index in [-0.39, 0.29) is 17.6 Å². The van der Waals surface area contributed by atoms with Gasteiger partial charge < -0.3 is 15.4 Å². The molecule has 0 unspecified atom stereocenters. The third kappa shape index (κ3) is 3.95. The number of nitrogens with zero attached hydrogens (tertiary/aromatic N) is 2. The molecule has 31 heavy (non-hydrogen) atoms. The summed E-state index contributed by atoms with van der Waals surface area (Å²) >= 11 is 0. The van der Waals surface area contributed by atoms with E-state index in [9.17, 15) is 14.0 Å². The largest absolute Gasteiger partial charge is 0.497 e. The van der Waals surface area contributed by atoms with E-state index in [0.29, 0.717) is 39.3 Å². The molecular formula is C23H19FN4O3. The zero-order valence-corrected chi connectivity index (χ0v) is 16.8. The van der Waals surface area contributed by atoms with E-state index in [4.69, 9.17) is 4.74 Å². The van der Waals surface area contributed by atoms with E-state index < -0.39 is 0 Å². The lowest BCUT2D eigenvalue weighted by Gasteiger charge is -2.07. The van der Waals surface area contributed by atoms with Crippen molar-refractivity contribution in [2.75, 3.05) is 19.5 Å². The molecule has 0 bridgehead atoms. The molecule has 2 heterocycles. The Hall–Kier alpha value is -4.20. The zero-order chi connectivity index (χ0) is 22.0. The lowest BCUT2D eigenvalue weighted by molar-refractivity contribution is 0.0964. The molecule has 4 rings (SSSR count). The number of anilines is 1. The molecule has 0 radical (unpaired) electrons. The van der Waals surface area contributed by atoms with Crippen LogP contribution in [0.25, 0.3) is 16.8 Å². The van der Waals surface area contributed by atoms with Crippen LogP contribution in [-0.2, 0) is 0 Å². The molecule has 8 heteroatoms. The number of hydrogen-bond acceptors (Lipinski definition) is 4. The van der Waals surface area contributed by atoms with Gasteiger partial charge in [0.1, 0.15) is 17.3 Å².